The van der Waals surface area contributed by atoms with Gasteiger partial charge in [-0.3, -0.25) is 9.59 Å². The van der Waals surface area contributed by atoms with E-state index in [1.54, 1.807) is 18.2 Å². The van der Waals surface area contributed by atoms with Crippen molar-refractivity contribution in [3.63, 3.8) is 0 Å². The molecule has 31 heavy (non-hydrogen) atoms. The Kier molecular flexibility index (Phi) is 7.03. The second-order valence-electron chi connectivity index (χ2n) is 7.61. The zero-order chi connectivity index (χ0) is 22.7. The number of Topliss-reactive ketones (excluding diaryl/α,β-unsaturated/α-hetero) is 1. The molecule has 3 rings (SSSR count). The lowest BCUT2D eigenvalue weighted by molar-refractivity contribution is -0.140. The van der Waals surface area contributed by atoms with Gasteiger partial charge in [-0.2, -0.15) is 0 Å². The number of carbonyl (C=O) groups is 2. The molecule has 0 saturated carbocycles. The summed E-state index contributed by atoms with van der Waals surface area (Å²) in [7, 11) is 1.49. The van der Waals surface area contributed by atoms with Crippen LogP contribution < -0.4 is 4.74 Å². The van der Waals surface area contributed by atoms with Crippen LogP contribution in [0.25, 0.3) is 5.76 Å². The predicted molar refractivity (Wildman–Crippen MR) is 119 cm³/mol. The first kappa shape index (κ1) is 22.8. The molecule has 0 aromatic heterocycles. The Morgan fingerprint density at radius 2 is 1.90 bits per heavy atom. The van der Waals surface area contributed by atoms with Crippen LogP contribution in [0.5, 0.6) is 5.75 Å². The molecule has 1 aliphatic rings. The number of hydrogen-bond acceptors (Lipinski definition) is 5. The number of aryl methyl sites for hydroxylation is 1. The van der Waals surface area contributed by atoms with E-state index in [9.17, 15) is 14.7 Å². The first-order valence-corrected chi connectivity index (χ1v) is 10.4. The average molecular weight is 444 g/mol. The molecule has 0 spiro atoms. The molecule has 0 radical (unpaired) electrons. The zero-order valence-electron chi connectivity index (χ0n) is 18.0. The van der Waals surface area contributed by atoms with E-state index in [0.717, 1.165) is 11.1 Å². The fourth-order valence-corrected chi connectivity index (χ4v) is 3.88. The normalized spacial score (nSPS) is 18.1. The van der Waals surface area contributed by atoms with Gasteiger partial charge in [-0.25, -0.2) is 0 Å². The molecule has 1 amide bonds. The third-order valence-electron chi connectivity index (χ3n) is 5.24. The minimum atomic E-state index is -0.755. The highest BCUT2D eigenvalue weighted by atomic mass is 35.5. The average Bonchev–Trinajstić information content (AvgIpc) is 2.98. The van der Waals surface area contributed by atoms with E-state index >= 15 is 0 Å². The van der Waals surface area contributed by atoms with Crippen LogP contribution in [0, 0.1) is 6.92 Å². The Morgan fingerprint density at radius 3 is 2.55 bits per heavy atom. The number of halogens is 1. The molecule has 0 bridgehead atoms. The lowest BCUT2D eigenvalue weighted by Gasteiger charge is -2.27. The van der Waals surface area contributed by atoms with E-state index in [1.807, 2.05) is 45.0 Å². The minimum absolute atomic E-state index is 0.000926. The standard InChI is InChI=1S/C24H26ClNO5/c1-14(2)31-12-11-26-21(17-8-6-5-7-15(17)3)20(23(28)24(26)29)22(27)18-13-16(30-4)9-10-19(18)25/h5-10,13-14,21,27H,11-12H2,1-4H3/b22-20+. The third-order valence-corrected chi connectivity index (χ3v) is 5.56. The number of ketones is 1. The number of carbonyl (C=O) groups excluding carboxylic acids is 2. The molecule has 1 unspecified atom stereocenters. The largest absolute Gasteiger partial charge is 0.507 e. The Bertz CT molecular complexity index is 1030. The molecule has 1 N–H and O–H groups in total. The monoisotopic (exact) mass is 443 g/mol. The van der Waals surface area contributed by atoms with Crippen LogP contribution >= 0.6 is 11.6 Å². The molecule has 1 saturated heterocycles. The zero-order valence-corrected chi connectivity index (χ0v) is 18.8. The van der Waals surface area contributed by atoms with Gasteiger partial charge in [-0.15, -0.1) is 0 Å². The Morgan fingerprint density at radius 1 is 1.19 bits per heavy atom. The summed E-state index contributed by atoms with van der Waals surface area (Å²) < 4.78 is 10.8. The lowest BCUT2D eigenvalue weighted by atomic mass is 9.92. The first-order chi connectivity index (χ1) is 14.8. The number of likely N-dealkylation sites (tertiary alicyclic amines) is 1. The van der Waals surface area contributed by atoms with Gasteiger partial charge in [-0.05, 0) is 50.1 Å². The van der Waals surface area contributed by atoms with E-state index in [1.165, 1.54) is 12.0 Å². The van der Waals surface area contributed by atoms with Crippen LogP contribution in [0.4, 0.5) is 0 Å². The fourth-order valence-electron chi connectivity index (χ4n) is 3.67. The molecule has 7 heteroatoms. The van der Waals surface area contributed by atoms with E-state index in [-0.39, 0.29) is 41.2 Å². The summed E-state index contributed by atoms with van der Waals surface area (Å²) in [6.07, 6.45) is -0.00989. The Labute approximate surface area is 187 Å². The summed E-state index contributed by atoms with van der Waals surface area (Å²) in [4.78, 5) is 27.5. The number of benzene rings is 2. The van der Waals surface area contributed by atoms with Gasteiger partial charge < -0.3 is 19.5 Å². The highest BCUT2D eigenvalue weighted by Gasteiger charge is 2.46. The molecule has 164 valence electrons. The smallest absolute Gasteiger partial charge is 0.295 e. The number of methoxy groups -OCH3 is 1. The second kappa shape index (κ2) is 9.54. The van der Waals surface area contributed by atoms with E-state index < -0.39 is 17.7 Å². The van der Waals surface area contributed by atoms with Crippen LogP contribution in [0.3, 0.4) is 0 Å². The van der Waals surface area contributed by atoms with Crippen LogP contribution in [-0.4, -0.2) is 48.1 Å². The third kappa shape index (κ3) is 4.60. The number of aliphatic hydroxyl groups is 1. The van der Waals surface area contributed by atoms with Gasteiger partial charge in [0, 0.05) is 12.1 Å². The van der Waals surface area contributed by atoms with Crippen molar-refractivity contribution >= 4 is 29.1 Å². The van der Waals surface area contributed by atoms with Crippen LogP contribution in [-0.2, 0) is 14.3 Å². The van der Waals surface area contributed by atoms with Gasteiger partial charge in [0.05, 0.1) is 36.5 Å². The Balaban J connectivity index is 2.17. The van der Waals surface area contributed by atoms with Gasteiger partial charge in [0.15, 0.2) is 0 Å². The number of aliphatic hydroxyl groups excluding tert-OH is 1. The molecule has 1 aliphatic heterocycles. The van der Waals surface area contributed by atoms with Crippen LogP contribution in [0.15, 0.2) is 48.0 Å². The summed E-state index contributed by atoms with van der Waals surface area (Å²) in [5.41, 5.74) is 1.88. The van der Waals surface area contributed by atoms with Gasteiger partial charge in [0.2, 0.25) is 0 Å². The molecule has 2 aromatic carbocycles. The number of amides is 1. The number of hydrogen-bond donors (Lipinski definition) is 1. The van der Waals surface area contributed by atoms with E-state index in [0.29, 0.717) is 5.75 Å². The maximum absolute atomic E-state index is 13.1. The summed E-state index contributed by atoms with van der Waals surface area (Å²) >= 11 is 6.31. The SMILES string of the molecule is COc1ccc(Cl)c(/C(O)=C2\C(=O)C(=O)N(CCOC(C)C)C2c2ccccc2C)c1. The van der Waals surface area contributed by atoms with Crippen LogP contribution in [0.1, 0.15) is 36.6 Å². The molecule has 1 atom stereocenters. The maximum Gasteiger partial charge on any atom is 0.295 e. The van der Waals surface area contributed by atoms with E-state index in [4.69, 9.17) is 21.1 Å². The predicted octanol–water partition coefficient (Wildman–Crippen LogP) is 4.50. The molecule has 6 nitrogen and oxygen atoms in total. The highest BCUT2D eigenvalue weighted by Crippen LogP contribution is 2.41. The van der Waals surface area contributed by atoms with Crippen molar-refractivity contribution in [2.45, 2.75) is 32.9 Å². The summed E-state index contributed by atoms with van der Waals surface area (Å²) in [6.45, 7) is 6.19. The fraction of sp³-hybridized carbons (Fsp3) is 0.333. The molecular formula is C24H26ClNO5. The molecular weight excluding hydrogens is 418 g/mol. The van der Waals surface area contributed by atoms with Gasteiger partial charge in [0.25, 0.3) is 11.7 Å². The molecule has 0 aliphatic carbocycles. The van der Waals surface area contributed by atoms with Crippen LogP contribution in [0.2, 0.25) is 5.02 Å². The molecule has 1 fully saturated rings. The van der Waals surface area contributed by atoms with Crippen molar-refractivity contribution in [3.8, 4) is 5.75 Å². The van der Waals surface area contributed by atoms with Gasteiger partial charge in [-0.1, -0.05) is 35.9 Å². The molecule has 1 heterocycles. The molecule has 2 aromatic rings. The summed E-state index contributed by atoms with van der Waals surface area (Å²) in [5.74, 6) is -1.30. The highest BCUT2D eigenvalue weighted by molar-refractivity contribution is 6.47. The maximum atomic E-state index is 13.1. The van der Waals surface area contributed by atoms with E-state index in [2.05, 4.69) is 0 Å². The van der Waals surface area contributed by atoms with Gasteiger partial charge in [0.1, 0.15) is 11.5 Å². The lowest BCUT2D eigenvalue weighted by Crippen LogP contribution is -2.33. The van der Waals surface area contributed by atoms with Crippen molar-refractivity contribution in [3.05, 3.63) is 69.8 Å². The Hall–Kier alpha value is -2.83. The topological polar surface area (TPSA) is 76.1 Å². The number of nitrogens with zero attached hydrogens (tertiary/aromatic N) is 1. The van der Waals surface area contributed by atoms with Gasteiger partial charge >= 0.3 is 0 Å². The number of ether oxygens (including phenoxy) is 2. The van der Waals surface area contributed by atoms with Crippen molar-refractivity contribution in [1.29, 1.82) is 0 Å². The first-order valence-electron chi connectivity index (χ1n) is 10.1. The number of rotatable bonds is 7. The summed E-state index contributed by atoms with van der Waals surface area (Å²) in [6, 6.07) is 11.5. The van der Waals surface area contributed by atoms with Crippen molar-refractivity contribution < 1.29 is 24.2 Å². The summed E-state index contributed by atoms with van der Waals surface area (Å²) in [5, 5.41) is 11.4. The van der Waals surface area contributed by atoms with Crippen molar-refractivity contribution in [2.75, 3.05) is 20.3 Å². The quantitative estimate of drug-likeness (QED) is 0.387. The minimum Gasteiger partial charge on any atom is -0.507 e. The second-order valence-corrected chi connectivity index (χ2v) is 8.02. The van der Waals surface area contributed by atoms with Crippen molar-refractivity contribution in [1.82, 2.24) is 4.90 Å². The van der Waals surface area contributed by atoms with Crippen molar-refractivity contribution in [2.24, 2.45) is 0 Å².